The zero-order valence-corrected chi connectivity index (χ0v) is 11.1. The maximum Gasteiger partial charge on any atom is 0.410 e. The first-order valence-electron chi connectivity index (χ1n) is 6.12. The van der Waals surface area contributed by atoms with E-state index in [0.29, 0.717) is 5.92 Å². The van der Waals surface area contributed by atoms with Gasteiger partial charge in [0.15, 0.2) is 0 Å². The molecule has 1 saturated heterocycles. The van der Waals surface area contributed by atoms with E-state index in [1.54, 1.807) is 11.0 Å². The Hall–Kier alpha value is -1.03. The predicted molar refractivity (Wildman–Crippen MR) is 66.7 cm³/mol. The van der Waals surface area contributed by atoms with Crippen LogP contribution in [0.25, 0.3) is 0 Å². The Balaban J connectivity index is 2.68. The molecule has 1 aliphatic heterocycles. The fourth-order valence-corrected chi connectivity index (χ4v) is 2.00. The lowest BCUT2D eigenvalue weighted by atomic mass is 10.0. The summed E-state index contributed by atoms with van der Waals surface area (Å²) in [4.78, 5) is 13.7. The Morgan fingerprint density at radius 2 is 2.18 bits per heavy atom. The van der Waals surface area contributed by atoms with Crippen LogP contribution in [0, 0.1) is 5.92 Å². The highest BCUT2D eigenvalue weighted by Gasteiger charge is 2.35. The van der Waals surface area contributed by atoms with E-state index >= 15 is 0 Å². The largest absolute Gasteiger partial charge is 0.444 e. The average Bonchev–Trinajstić information content (AvgIpc) is 2.54. The zero-order chi connectivity index (χ0) is 13.1. The summed E-state index contributed by atoms with van der Waals surface area (Å²) in [5, 5.41) is 8.80. The summed E-state index contributed by atoms with van der Waals surface area (Å²) in [5.41, 5.74) is -0.464. The summed E-state index contributed by atoms with van der Waals surface area (Å²) in [6.07, 6.45) is 4.28. The number of carbonyl (C=O) groups is 1. The molecule has 4 nitrogen and oxygen atoms in total. The number of aliphatic hydroxyl groups is 1. The number of rotatable bonds is 2. The molecule has 0 aromatic rings. The molecule has 17 heavy (non-hydrogen) atoms. The van der Waals surface area contributed by atoms with Gasteiger partial charge in [-0.15, -0.1) is 0 Å². The fourth-order valence-electron chi connectivity index (χ4n) is 2.00. The highest BCUT2D eigenvalue weighted by Crippen LogP contribution is 2.26. The zero-order valence-electron chi connectivity index (χ0n) is 11.1. The van der Waals surface area contributed by atoms with Gasteiger partial charge in [0.05, 0.1) is 12.6 Å². The van der Waals surface area contributed by atoms with Gasteiger partial charge in [0.1, 0.15) is 5.60 Å². The molecule has 0 aromatic carbocycles. The molecule has 0 bridgehead atoms. The topological polar surface area (TPSA) is 49.8 Å². The van der Waals surface area contributed by atoms with Crippen LogP contribution in [-0.4, -0.2) is 40.9 Å². The molecular weight excluding hydrogens is 218 g/mol. The van der Waals surface area contributed by atoms with Crippen molar-refractivity contribution in [3.05, 3.63) is 12.2 Å². The lowest BCUT2D eigenvalue weighted by molar-refractivity contribution is 0.0244. The molecule has 0 aromatic heterocycles. The summed E-state index contributed by atoms with van der Waals surface area (Å²) in [6.45, 7) is 8.42. The van der Waals surface area contributed by atoms with Gasteiger partial charge in [-0.25, -0.2) is 4.79 Å². The Bertz CT molecular complexity index is 294. The first kappa shape index (κ1) is 14.0. The van der Waals surface area contributed by atoms with E-state index in [4.69, 9.17) is 9.84 Å². The van der Waals surface area contributed by atoms with E-state index in [0.717, 1.165) is 13.0 Å². The molecule has 98 valence electrons. The molecule has 0 unspecified atom stereocenters. The molecule has 1 fully saturated rings. The molecule has 4 heteroatoms. The molecule has 0 saturated carbocycles. The molecule has 1 heterocycles. The third-order valence-corrected chi connectivity index (χ3v) is 2.83. The van der Waals surface area contributed by atoms with Crippen LogP contribution in [0.3, 0.4) is 0 Å². The van der Waals surface area contributed by atoms with Gasteiger partial charge in [0, 0.05) is 6.54 Å². The summed E-state index contributed by atoms with van der Waals surface area (Å²) >= 11 is 0. The maximum atomic E-state index is 12.0. The van der Waals surface area contributed by atoms with Gasteiger partial charge in [0.2, 0.25) is 0 Å². The quantitative estimate of drug-likeness (QED) is 0.754. The van der Waals surface area contributed by atoms with Gasteiger partial charge < -0.3 is 14.7 Å². The summed E-state index contributed by atoms with van der Waals surface area (Å²) in [7, 11) is 0. The van der Waals surface area contributed by atoms with E-state index < -0.39 is 5.60 Å². The molecule has 2 atom stereocenters. The van der Waals surface area contributed by atoms with Crippen LogP contribution in [0.4, 0.5) is 4.79 Å². The minimum Gasteiger partial charge on any atom is -0.444 e. The van der Waals surface area contributed by atoms with Crippen LogP contribution < -0.4 is 0 Å². The van der Waals surface area contributed by atoms with Crippen molar-refractivity contribution in [2.24, 2.45) is 5.92 Å². The van der Waals surface area contributed by atoms with Gasteiger partial charge >= 0.3 is 6.09 Å². The monoisotopic (exact) mass is 241 g/mol. The third kappa shape index (κ3) is 4.04. The fraction of sp³-hybridized carbons (Fsp3) is 0.769. The average molecular weight is 241 g/mol. The van der Waals surface area contributed by atoms with E-state index in [1.165, 1.54) is 0 Å². The van der Waals surface area contributed by atoms with Crippen molar-refractivity contribution in [3.8, 4) is 0 Å². The van der Waals surface area contributed by atoms with Gasteiger partial charge in [-0.2, -0.15) is 0 Å². The molecule has 1 rings (SSSR count). The molecule has 0 aliphatic carbocycles. The van der Waals surface area contributed by atoms with E-state index in [-0.39, 0.29) is 18.7 Å². The number of likely N-dealkylation sites (tertiary alicyclic amines) is 1. The SMILES string of the molecule is C[C@H]1CCN(C(=O)OC(C)(C)C)[C@@H]1C=CCO. The van der Waals surface area contributed by atoms with Crippen LogP contribution >= 0.6 is 0 Å². The molecular formula is C13H23NO3. The van der Waals surface area contributed by atoms with Crippen molar-refractivity contribution < 1.29 is 14.6 Å². The molecule has 0 radical (unpaired) electrons. The third-order valence-electron chi connectivity index (χ3n) is 2.83. The maximum absolute atomic E-state index is 12.0. The van der Waals surface area contributed by atoms with Crippen molar-refractivity contribution in [1.29, 1.82) is 0 Å². The van der Waals surface area contributed by atoms with Crippen LogP contribution in [0.1, 0.15) is 34.1 Å². The second-order valence-corrected chi connectivity index (χ2v) is 5.54. The standard InChI is InChI=1S/C13H23NO3/c1-10-7-8-14(11(10)6-5-9-15)12(16)17-13(2,3)4/h5-6,10-11,15H,7-9H2,1-4H3/t10-,11+/m0/s1. The second kappa shape index (κ2) is 5.54. The molecule has 1 aliphatic rings. The second-order valence-electron chi connectivity index (χ2n) is 5.54. The van der Waals surface area contributed by atoms with Crippen molar-refractivity contribution >= 4 is 6.09 Å². The number of amides is 1. The minimum atomic E-state index is -0.464. The normalized spacial score (nSPS) is 25.6. The number of hydrogen-bond acceptors (Lipinski definition) is 3. The van der Waals surface area contributed by atoms with Gasteiger partial charge in [-0.05, 0) is 33.1 Å². The first-order chi connectivity index (χ1) is 7.85. The first-order valence-corrected chi connectivity index (χ1v) is 6.12. The van der Waals surface area contributed by atoms with E-state index in [9.17, 15) is 4.79 Å². The number of aliphatic hydroxyl groups excluding tert-OH is 1. The Morgan fingerprint density at radius 1 is 1.53 bits per heavy atom. The Kier molecular flexibility index (Phi) is 4.57. The van der Waals surface area contributed by atoms with Gasteiger partial charge in [-0.3, -0.25) is 0 Å². The molecule has 1 N–H and O–H groups in total. The Morgan fingerprint density at radius 3 is 2.71 bits per heavy atom. The number of carbonyl (C=O) groups excluding carboxylic acids is 1. The van der Waals surface area contributed by atoms with Gasteiger partial charge in [0.25, 0.3) is 0 Å². The molecule has 0 spiro atoms. The van der Waals surface area contributed by atoms with Crippen molar-refractivity contribution in [1.82, 2.24) is 4.90 Å². The number of ether oxygens (including phenoxy) is 1. The van der Waals surface area contributed by atoms with Crippen molar-refractivity contribution in [3.63, 3.8) is 0 Å². The van der Waals surface area contributed by atoms with Crippen LogP contribution in [0.15, 0.2) is 12.2 Å². The molecule has 1 amide bonds. The summed E-state index contributed by atoms with van der Waals surface area (Å²) in [6, 6.07) is 0.0389. The highest BCUT2D eigenvalue weighted by atomic mass is 16.6. The van der Waals surface area contributed by atoms with Crippen molar-refractivity contribution in [2.75, 3.05) is 13.2 Å². The van der Waals surface area contributed by atoms with E-state index in [2.05, 4.69) is 6.92 Å². The van der Waals surface area contributed by atoms with Crippen LogP contribution in [-0.2, 0) is 4.74 Å². The van der Waals surface area contributed by atoms with Crippen LogP contribution in [0.5, 0.6) is 0 Å². The number of nitrogens with zero attached hydrogens (tertiary/aromatic N) is 1. The smallest absolute Gasteiger partial charge is 0.410 e. The van der Waals surface area contributed by atoms with Gasteiger partial charge in [-0.1, -0.05) is 19.1 Å². The summed E-state index contributed by atoms with van der Waals surface area (Å²) < 4.78 is 5.37. The minimum absolute atomic E-state index is 0.00534. The van der Waals surface area contributed by atoms with E-state index in [1.807, 2.05) is 26.8 Å². The Labute approximate surface area is 103 Å². The number of hydrogen-bond donors (Lipinski definition) is 1. The highest BCUT2D eigenvalue weighted by molar-refractivity contribution is 5.69. The van der Waals surface area contributed by atoms with Crippen molar-refractivity contribution in [2.45, 2.75) is 45.8 Å². The lowest BCUT2D eigenvalue weighted by Crippen LogP contribution is -2.40. The van der Waals surface area contributed by atoms with Crippen LogP contribution in [0.2, 0.25) is 0 Å². The predicted octanol–water partition coefficient (Wildman–Crippen LogP) is 2.18. The summed E-state index contributed by atoms with van der Waals surface area (Å²) in [5.74, 6) is 0.408. The lowest BCUT2D eigenvalue weighted by Gasteiger charge is -2.28.